The number of hydrogen-bond donors (Lipinski definition) is 4. The van der Waals surface area contributed by atoms with Crippen molar-refractivity contribution in [2.24, 2.45) is 43.3 Å². The Morgan fingerprint density at radius 3 is 2.11 bits per heavy atom. The largest absolute Gasteiger partial charge is 0.369 e. The Labute approximate surface area is 107 Å². The van der Waals surface area contributed by atoms with Crippen molar-refractivity contribution in [3.63, 3.8) is 0 Å². The Balaban J connectivity index is 4.43. The second-order valence-electron chi connectivity index (χ2n) is 3.70. The van der Waals surface area contributed by atoms with Gasteiger partial charge in [-0.15, -0.1) is 10.2 Å². The zero-order valence-corrected chi connectivity index (χ0v) is 10.7. The van der Waals surface area contributed by atoms with Gasteiger partial charge in [-0.05, 0) is 12.8 Å². The minimum atomic E-state index is -0.113. The van der Waals surface area contributed by atoms with Gasteiger partial charge in [-0.1, -0.05) is 26.2 Å². The minimum Gasteiger partial charge on any atom is -0.369 e. The molecule has 0 aromatic carbocycles. The van der Waals surface area contributed by atoms with Gasteiger partial charge in [-0.2, -0.15) is 10.2 Å². The van der Waals surface area contributed by atoms with Crippen LogP contribution in [-0.2, 0) is 0 Å². The van der Waals surface area contributed by atoms with Gasteiger partial charge in [-0.25, -0.2) is 0 Å². The number of nitrogens with two attached hydrogens (primary N) is 4. The van der Waals surface area contributed by atoms with Gasteiger partial charge in [0.05, 0.1) is 11.9 Å². The predicted molar refractivity (Wildman–Crippen MR) is 76.3 cm³/mol. The van der Waals surface area contributed by atoms with E-state index in [4.69, 9.17) is 22.9 Å². The molecule has 0 aromatic heterocycles. The summed E-state index contributed by atoms with van der Waals surface area (Å²) in [6.07, 6.45) is 6.62. The molecule has 8 N–H and O–H groups in total. The van der Waals surface area contributed by atoms with E-state index in [9.17, 15) is 0 Å². The molecular formula is C10H22N8. The van der Waals surface area contributed by atoms with Crippen LogP contribution in [0.5, 0.6) is 0 Å². The van der Waals surface area contributed by atoms with E-state index in [1.165, 1.54) is 19.1 Å². The fourth-order valence-electron chi connectivity index (χ4n) is 1.16. The normalized spacial score (nSPS) is 11.5. The summed E-state index contributed by atoms with van der Waals surface area (Å²) in [5.74, 6) is -0.213. The third-order valence-corrected chi connectivity index (χ3v) is 1.96. The molecule has 0 aliphatic carbocycles. The van der Waals surface area contributed by atoms with Crippen LogP contribution >= 0.6 is 0 Å². The van der Waals surface area contributed by atoms with Gasteiger partial charge in [-0.3, -0.25) is 0 Å². The summed E-state index contributed by atoms with van der Waals surface area (Å²) >= 11 is 0. The first-order valence-electron chi connectivity index (χ1n) is 5.83. The van der Waals surface area contributed by atoms with Crippen molar-refractivity contribution in [3.8, 4) is 0 Å². The standard InChI is InChI=1S/C10H22N8/c1-2-3-4-5-6-8(16-18-10(13)14)7-15-17-9(11)12/h7H,2-6H2,1H3,(H4,11,12,17)(H4,13,14,18). The van der Waals surface area contributed by atoms with Crippen LogP contribution < -0.4 is 22.9 Å². The molecule has 0 radical (unpaired) electrons. The van der Waals surface area contributed by atoms with Gasteiger partial charge in [0.15, 0.2) is 0 Å². The molecule has 0 spiro atoms. The molecule has 0 aliphatic heterocycles. The monoisotopic (exact) mass is 254 g/mol. The maximum absolute atomic E-state index is 5.20. The van der Waals surface area contributed by atoms with Crippen molar-refractivity contribution < 1.29 is 0 Å². The Bertz CT molecular complexity index is 334. The van der Waals surface area contributed by atoms with Crippen LogP contribution in [-0.4, -0.2) is 23.8 Å². The Morgan fingerprint density at radius 2 is 1.56 bits per heavy atom. The zero-order chi connectivity index (χ0) is 13.8. The fourth-order valence-corrected chi connectivity index (χ4v) is 1.16. The van der Waals surface area contributed by atoms with Crippen LogP contribution in [0, 0.1) is 0 Å². The Morgan fingerprint density at radius 1 is 0.889 bits per heavy atom. The second-order valence-corrected chi connectivity index (χ2v) is 3.70. The molecule has 0 fully saturated rings. The molecule has 18 heavy (non-hydrogen) atoms. The molecule has 0 aromatic rings. The predicted octanol–water partition coefficient (Wildman–Crippen LogP) is -0.155. The van der Waals surface area contributed by atoms with Gasteiger partial charge in [0.2, 0.25) is 11.9 Å². The summed E-state index contributed by atoms with van der Waals surface area (Å²) in [6.45, 7) is 2.15. The van der Waals surface area contributed by atoms with Gasteiger partial charge in [0, 0.05) is 0 Å². The first kappa shape index (κ1) is 15.9. The molecule has 0 unspecified atom stereocenters. The zero-order valence-electron chi connectivity index (χ0n) is 10.7. The van der Waals surface area contributed by atoms with Crippen molar-refractivity contribution in [1.29, 1.82) is 0 Å². The number of hydrogen-bond acceptors (Lipinski definition) is 4. The first-order valence-corrected chi connectivity index (χ1v) is 5.83. The van der Waals surface area contributed by atoms with E-state index >= 15 is 0 Å². The lowest BCUT2D eigenvalue weighted by Gasteiger charge is -1.98. The summed E-state index contributed by atoms with van der Waals surface area (Å²) in [7, 11) is 0. The highest BCUT2D eigenvalue weighted by atomic mass is 15.3. The summed E-state index contributed by atoms with van der Waals surface area (Å²) in [5, 5.41) is 14.6. The van der Waals surface area contributed by atoms with Crippen molar-refractivity contribution >= 4 is 23.8 Å². The number of unbranched alkanes of at least 4 members (excludes halogenated alkanes) is 3. The fraction of sp³-hybridized carbons (Fsp3) is 0.600. The molecule has 0 heterocycles. The minimum absolute atomic E-state index is 0.101. The van der Waals surface area contributed by atoms with Crippen LogP contribution in [0.2, 0.25) is 0 Å². The Kier molecular flexibility index (Phi) is 8.88. The van der Waals surface area contributed by atoms with Crippen LogP contribution in [0.3, 0.4) is 0 Å². The Hall–Kier alpha value is -2.12. The number of guanidine groups is 2. The lowest BCUT2D eigenvalue weighted by atomic mass is 10.1. The SMILES string of the molecule is CCCCCCC(C=NN=C(N)N)=NN=C(N)N. The topological polar surface area (TPSA) is 154 Å². The molecule has 8 nitrogen and oxygen atoms in total. The molecule has 102 valence electrons. The van der Waals surface area contributed by atoms with E-state index in [2.05, 4.69) is 27.3 Å². The molecule has 0 atom stereocenters. The molecule has 0 saturated carbocycles. The molecule has 0 aliphatic rings. The third-order valence-electron chi connectivity index (χ3n) is 1.96. The third kappa shape index (κ3) is 10.4. The quantitative estimate of drug-likeness (QED) is 0.206. The van der Waals surface area contributed by atoms with E-state index in [0.29, 0.717) is 5.71 Å². The highest BCUT2D eigenvalue weighted by Gasteiger charge is 1.97. The summed E-state index contributed by atoms with van der Waals surface area (Å²) in [4.78, 5) is 0. The highest BCUT2D eigenvalue weighted by molar-refractivity contribution is 6.30. The summed E-state index contributed by atoms with van der Waals surface area (Å²) in [5.41, 5.74) is 21.3. The van der Waals surface area contributed by atoms with E-state index in [0.717, 1.165) is 19.3 Å². The van der Waals surface area contributed by atoms with Crippen molar-refractivity contribution in [2.45, 2.75) is 39.0 Å². The maximum atomic E-state index is 5.20. The van der Waals surface area contributed by atoms with Crippen LogP contribution in [0.15, 0.2) is 20.4 Å². The van der Waals surface area contributed by atoms with E-state index < -0.39 is 0 Å². The van der Waals surface area contributed by atoms with Crippen LogP contribution in [0.25, 0.3) is 0 Å². The van der Waals surface area contributed by atoms with Gasteiger partial charge < -0.3 is 22.9 Å². The van der Waals surface area contributed by atoms with Gasteiger partial charge in [0.25, 0.3) is 0 Å². The first-order chi connectivity index (χ1) is 8.56. The van der Waals surface area contributed by atoms with E-state index in [-0.39, 0.29) is 11.9 Å². The molecule has 0 rings (SSSR count). The van der Waals surface area contributed by atoms with E-state index in [1.54, 1.807) is 0 Å². The molecule has 0 amide bonds. The summed E-state index contributed by atoms with van der Waals surface area (Å²) in [6, 6.07) is 0. The summed E-state index contributed by atoms with van der Waals surface area (Å²) < 4.78 is 0. The molecule has 0 bridgehead atoms. The van der Waals surface area contributed by atoms with E-state index in [1.807, 2.05) is 0 Å². The molecule has 8 heteroatoms. The van der Waals surface area contributed by atoms with Crippen molar-refractivity contribution in [3.05, 3.63) is 0 Å². The average molecular weight is 254 g/mol. The number of nitrogens with zero attached hydrogens (tertiary/aromatic N) is 4. The van der Waals surface area contributed by atoms with Gasteiger partial charge >= 0.3 is 0 Å². The number of rotatable bonds is 8. The van der Waals surface area contributed by atoms with Crippen molar-refractivity contribution in [1.82, 2.24) is 0 Å². The average Bonchev–Trinajstić information content (AvgIpc) is 2.30. The van der Waals surface area contributed by atoms with Gasteiger partial charge in [0.1, 0.15) is 0 Å². The second kappa shape index (κ2) is 10.1. The van der Waals surface area contributed by atoms with Crippen LogP contribution in [0.4, 0.5) is 0 Å². The maximum Gasteiger partial charge on any atom is 0.211 e. The lowest BCUT2D eigenvalue weighted by molar-refractivity contribution is 0.684. The van der Waals surface area contributed by atoms with Crippen molar-refractivity contribution in [2.75, 3.05) is 0 Å². The molecular weight excluding hydrogens is 232 g/mol. The van der Waals surface area contributed by atoms with Crippen LogP contribution in [0.1, 0.15) is 39.0 Å². The smallest absolute Gasteiger partial charge is 0.211 e. The molecule has 0 saturated heterocycles. The highest BCUT2D eigenvalue weighted by Crippen LogP contribution is 2.03. The lowest BCUT2D eigenvalue weighted by Crippen LogP contribution is -2.22.